The van der Waals surface area contributed by atoms with Gasteiger partial charge in [0.2, 0.25) is 11.4 Å². The standard InChI is InChI=1S/C20H20O7/c21-14-13(11-7-3-1-4-8-11)19(25)16(14)27-18(24)20(26,17(19)23)15(22)12-9-5-2-6-10-12/h1-10,13-14,16-18,21,23-26H/t13?,14?,16-,17+,18-,19+,20-/m1/s1. The predicted molar refractivity (Wildman–Crippen MR) is 92.7 cm³/mol. The molecule has 2 unspecified atom stereocenters. The number of aliphatic hydroxyl groups excluding tert-OH is 3. The van der Waals surface area contributed by atoms with Gasteiger partial charge in [-0.3, -0.25) is 4.79 Å². The van der Waals surface area contributed by atoms with Crippen LogP contribution in [-0.4, -0.2) is 67.1 Å². The first-order valence-corrected chi connectivity index (χ1v) is 8.62. The van der Waals surface area contributed by atoms with Crippen LogP contribution in [0.5, 0.6) is 0 Å². The smallest absolute Gasteiger partial charge is 0.207 e. The highest BCUT2D eigenvalue weighted by Gasteiger charge is 2.76. The minimum atomic E-state index is -2.79. The van der Waals surface area contributed by atoms with Gasteiger partial charge in [-0.2, -0.15) is 0 Å². The largest absolute Gasteiger partial charge is 0.390 e. The Bertz CT molecular complexity index is 842. The molecule has 1 heterocycles. The molecule has 0 aromatic heterocycles. The van der Waals surface area contributed by atoms with Crippen molar-refractivity contribution in [1.82, 2.24) is 0 Å². The van der Waals surface area contributed by atoms with Gasteiger partial charge in [0.1, 0.15) is 17.8 Å². The minimum absolute atomic E-state index is 0.0416. The van der Waals surface area contributed by atoms with Gasteiger partial charge in [0.25, 0.3) is 0 Å². The van der Waals surface area contributed by atoms with E-state index in [-0.39, 0.29) is 5.56 Å². The van der Waals surface area contributed by atoms with E-state index in [4.69, 9.17) is 4.74 Å². The second-order valence-electron chi connectivity index (χ2n) is 7.10. The first kappa shape index (κ1) is 18.2. The lowest BCUT2D eigenvalue weighted by Crippen LogP contribution is -2.84. The molecule has 2 aromatic rings. The Balaban J connectivity index is 1.75. The van der Waals surface area contributed by atoms with Gasteiger partial charge in [-0.25, -0.2) is 0 Å². The van der Waals surface area contributed by atoms with E-state index in [1.54, 1.807) is 48.5 Å². The lowest BCUT2D eigenvalue weighted by Gasteiger charge is -2.63. The summed E-state index contributed by atoms with van der Waals surface area (Å²) < 4.78 is 5.21. The molecule has 5 N–H and O–H groups in total. The zero-order valence-electron chi connectivity index (χ0n) is 14.2. The topological polar surface area (TPSA) is 127 Å². The fourth-order valence-electron chi connectivity index (χ4n) is 4.21. The molecular formula is C20H20O7. The molecule has 1 aliphatic heterocycles. The number of fused-ring (bicyclic) bond motifs is 1. The zero-order valence-corrected chi connectivity index (χ0v) is 14.2. The molecule has 142 valence electrons. The second-order valence-corrected chi connectivity index (χ2v) is 7.10. The highest BCUT2D eigenvalue weighted by atomic mass is 16.7. The maximum atomic E-state index is 12.9. The average molecular weight is 372 g/mol. The number of carbonyl (C=O) groups is 1. The van der Waals surface area contributed by atoms with Crippen LogP contribution in [0.1, 0.15) is 21.8 Å². The number of hydrogen-bond donors (Lipinski definition) is 5. The van der Waals surface area contributed by atoms with Crippen LogP contribution in [0.2, 0.25) is 0 Å². The van der Waals surface area contributed by atoms with E-state index in [0.717, 1.165) is 0 Å². The number of carbonyl (C=O) groups excluding carboxylic acids is 1. The van der Waals surface area contributed by atoms with E-state index in [0.29, 0.717) is 5.56 Å². The molecule has 0 spiro atoms. The summed E-state index contributed by atoms with van der Waals surface area (Å²) in [6.45, 7) is 0. The summed E-state index contributed by atoms with van der Waals surface area (Å²) in [5.41, 5.74) is -4.39. The van der Waals surface area contributed by atoms with Gasteiger partial charge in [0, 0.05) is 11.5 Å². The van der Waals surface area contributed by atoms with Gasteiger partial charge < -0.3 is 30.3 Å². The zero-order chi connectivity index (χ0) is 19.4. The molecule has 0 amide bonds. The number of ketones is 1. The van der Waals surface area contributed by atoms with Gasteiger partial charge in [-0.05, 0) is 5.56 Å². The third-order valence-electron chi connectivity index (χ3n) is 5.67. The molecule has 7 heteroatoms. The van der Waals surface area contributed by atoms with Crippen molar-refractivity contribution in [2.24, 2.45) is 0 Å². The highest BCUT2D eigenvalue weighted by molar-refractivity contribution is 6.03. The molecule has 2 fully saturated rings. The van der Waals surface area contributed by atoms with Crippen molar-refractivity contribution >= 4 is 5.78 Å². The fourth-order valence-corrected chi connectivity index (χ4v) is 4.21. The average Bonchev–Trinajstić information content (AvgIpc) is 2.70. The Labute approximate surface area is 155 Å². The van der Waals surface area contributed by atoms with E-state index in [9.17, 15) is 30.3 Å². The molecule has 7 nitrogen and oxygen atoms in total. The van der Waals surface area contributed by atoms with Crippen LogP contribution >= 0.6 is 0 Å². The number of aliphatic hydroxyl groups is 5. The fraction of sp³-hybridized carbons (Fsp3) is 0.350. The third kappa shape index (κ3) is 2.34. The second kappa shape index (κ2) is 6.20. The number of hydrogen-bond acceptors (Lipinski definition) is 7. The minimum Gasteiger partial charge on any atom is -0.390 e. The van der Waals surface area contributed by atoms with Crippen molar-refractivity contribution < 1.29 is 35.1 Å². The van der Waals surface area contributed by atoms with Crippen molar-refractivity contribution in [3.8, 4) is 0 Å². The number of ether oxygens (including phenoxy) is 1. The number of rotatable bonds is 3. The molecular weight excluding hydrogens is 352 g/mol. The molecule has 1 saturated carbocycles. The molecule has 1 aliphatic carbocycles. The van der Waals surface area contributed by atoms with E-state index in [1.807, 2.05) is 0 Å². The maximum Gasteiger partial charge on any atom is 0.207 e. The predicted octanol–water partition coefficient (Wildman–Crippen LogP) is -0.432. The van der Waals surface area contributed by atoms with Crippen molar-refractivity contribution in [2.75, 3.05) is 0 Å². The molecule has 27 heavy (non-hydrogen) atoms. The highest BCUT2D eigenvalue weighted by Crippen LogP contribution is 2.55. The summed E-state index contributed by atoms with van der Waals surface area (Å²) in [7, 11) is 0. The van der Waals surface area contributed by atoms with Crippen molar-refractivity contribution in [3.05, 3.63) is 71.8 Å². The van der Waals surface area contributed by atoms with Crippen molar-refractivity contribution in [2.45, 2.75) is 41.7 Å². The summed E-state index contributed by atoms with van der Waals surface area (Å²) in [4.78, 5) is 12.9. The van der Waals surface area contributed by atoms with Gasteiger partial charge in [0.05, 0.1) is 6.10 Å². The lowest BCUT2D eigenvalue weighted by atomic mass is 9.54. The van der Waals surface area contributed by atoms with Crippen LogP contribution in [0, 0.1) is 0 Å². The summed E-state index contributed by atoms with van der Waals surface area (Å²) in [6.07, 6.45) is -6.77. The summed E-state index contributed by atoms with van der Waals surface area (Å²) in [6, 6.07) is 16.1. The van der Waals surface area contributed by atoms with Crippen LogP contribution in [0.15, 0.2) is 60.7 Å². The Morgan fingerprint density at radius 3 is 2.04 bits per heavy atom. The van der Waals surface area contributed by atoms with Crippen LogP contribution in [-0.2, 0) is 4.74 Å². The molecule has 2 aliphatic rings. The Kier molecular flexibility index (Phi) is 4.19. The van der Waals surface area contributed by atoms with Crippen molar-refractivity contribution in [3.63, 3.8) is 0 Å². The van der Waals surface area contributed by atoms with E-state index < -0.39 is 47.5 Å². The van der Waals surface area contributed by atoms with Gasteiger partial charge in [-0.15, -0.1) is 0 Å². The van der Waals surface area contributed by atoms with Crippen LogP contribution in [0.25, 0.3) is 0 Å². The molecule has 1 saturated heterocycles. The first-order chi connectivity index (χ1) is 12.8. The number of Topliss-reactive ketones (excluding diaryl/α,β-unsaturated/α-hetero) is 1. The van der Waals surface area contributed by atoms with Crippen LogP contribution < -0.4 is 0 Å². The molecule has 0 bridgehead atoms. The molecule has 0 radical (unpaired) electrons. The lowest BCUT2D eigenvalue weighted by molar-refractivity contribution is -0.395. The quantitative estimate of drug-likeness (QED) is 0.463. The van der Waals surface area contributed by atoms with E-state index in [1.165, 1.54) is 12.1 Å². The summed E-state index contributed by atoms with van der Waals surface area (Å²) >= 11 is 0. The van der Waals surface area contributed by atoms with Crippen LogP contribution in [0.4, 0.5) is 0 Å². The van der Waals surface area contributed by atoms with Gasteiger partial charge >= 0.3 is 0 Å². The SMILES string of the molecule is O=C(c1ccccc1)[C@]1(O)[C@H](O)O[C@@H]2C(O)C(c3ccccc3)[C@@]2(O)[C@@H]1O. The molecule has 4 rings (SSSR count). The Hall–Kier alpha value is -2.13. The van der Waals surface area contributed by atoms with Gasteiger partial charge in [-0.1, -0.05) is 60.7 Å². The normalized spacial score (nSPS) is 40.7. The number of benzene rings is 2. The Morgan fingerprint density at radius 2 is 1.44 bits per heavy atom. The van der Waals surface area contributed by atoms with E-state index >= 15 is 0 Å². The maximum absolute atomic E-state index is 12.9. The van der Waals surface area contributed by atoms with Crippen molar-refractivity contribution in [1.29, 1.82) is 0 Å². The molecule has 2 aromatic carbocycles. The van der Waals surface area contributed by atoms with Crippen LogP contribution in [0.3, 0.4) is 0 Å². The van der Waals surface area contributed by atoms with E-state index in [2.05, 4.69) is 0 Å². The first-order valence-electron chi connectivity index (χ1n) is 8.62. The summed E-state index contributed by atoms with van der Waals surface area (Å²) in [5.74, 6) is -1.98. The summed E-state index contributed by atoms with van der Waals surface area (Å²) in [5, 5.41) is 53.7. The monoisotopic (exact) mass is 372 g/mol. The van der Waals surface area contributed by atoms with Gasteiger partial charge in [0.15, 0.2) is 6.29 Å². The third-order valence-corrected chi connectivity index (χ3v) is 5.67. The molecule has 7 atom stereocenters. The Morgan fingerprint density at radius 1 is 0.889 bits per heavy atom.